The van der Waals surface area contributed by atoms with Gasteiger partial charge < -0.3 is 9.64 Å². The molecule has 0 saturated carbocycles. The third-order valence-electron chi connectivity index (χ3n) is 5.87. The second-order valence-electron chi connectivity index (χ2n) is 8.05. The number of methoxy groups -OCH3 is 1. The molecule has 0 N–H and O–H groups in total. The molecule has 0 bridgehead atoms. The van der Waals surface area contributed by atoms with Gasteiger partial charge in [0, 0.05) is 17.6 Å². The Morgan fingerprint density at radius 3 is 2.50 bits per heavy atom. The average Bonchev–Trinajstić information content (AvgIpc) is 3.22. The van der Waals surface area contributed by atoms with E-state index < -0.39 is 0 Å². The summed E-state index contributed by atoms with van der Waals surface area (Å²) >= 11 is 7.81. The Kier molecular flexibility index (Phi) is 7.06. The molecule has 0 aliphatic carbocycles. The van der Waals surface area contributed by atoms with Gasteiger partial charge in [-0.2, -0.15) is 0 Å². The van der Waals surface area contributed by atoms with Crippen molar-refractivity contribution in [2.75, 3.05) is 12.9 Å². The summed E-state index contributed by atoms with van der Waals surface area (Å²) in [5.41, 5.74) is 1.75. The zero-order valence-electron chi connectivity index (χ0n) is 18.5. The summed E-state index contributed by atoms with van der Waals surface area (Å²) in [5.74, 6) is 1.74. The van der Waals surface area contributed by atoms with Crippen molar-refractivity contribution in [3.63, 3.8) is 0 Å². The first-order valence-electron chi connectivity index (χ1n) is 10.8. The number of thioether (sulfide) groups is 1. The molecule has 1 amide bonds. The van der Waals surface area contributed by atoms with Crippen LogP contribution in [0, 0.1) is 0 Å². The smallest absolute Gasteiger partial charge is 0.233 e. The molecule has 1 fully saturated rings. The maximum absolute atomic E-state index is 13.1. The van der Waals surface area contributed by atoms with Gasteiger partial charge in [-0.05, 0) is 51.3 Å². The number of benzene rings is 2. The number of carbonyl (C=O) groups excluding carboxylic acids is 1. The maximum atomic E-state index is 13.1. The Morgan fingerprint density at radius 2 is 1.84 bits per heavy atom. The second-order valence-corrected chi connectivity index (χ2v) is 9.39. The van der Waals surface area contributed by atoms with E-state index in [1.807, 2.05) is 58.0 Å². The fraction of sp³-hybridized carbons (Fsp3) is 0.375. The lowest BCUT2D eigenvalue weighted by Gasteiger charge is -2.39. The molecule has 2 aromatic carbocycles. The van der Waals surface area contributed by atoms with Crippen LogP contribution in [0.15, 0.2) is 53.7 Å². The number of ether oxygens (including phenoxy) is 1. The van der Waals surface area contributed by atoms with Gasteiger partial charge in [-0.1, -0.05) is 53.7 Å². The summed E-state index contributed by atoms with van der Waals surface area (Å²) < 4.78 is 7.25. The van der Waals surface area contributed by atoms with E-state index in [1.165, 1.54) is 18.2 Å². The number of likely N-dealkylation sites (tertiary alicyclic amines) is 1. The van der Waals surface area contributed by atoms with E-state index in [4.69, 9.17) is 16.3 Å². The topological polar surface area (TPSA) is 60.2 Å². The van der Waals surface area contributed by atoms with Crippen molar-refractivity contribution in [1.82, 2.24) is 19.7 Å². The van der Waals surface area contributed by atoms with Gasteiger partial charge in [0.1, 0.15) is 5.75 Å². The van der Waals surface area contributed by atoms with Crippen LogP contribution < -0.4 is 4.74 Å². The molecule has 2 heterocycles. The number of nitrogens with zero attached hydrogens (tertiary/aromatic N) is 4. The Balaban J connectivity index is 1.66. The van der Waals surface area contributed by atoms with Crippen molar-refractivity contribution in [2.45, 2.75) is 50.4 Å². The predicted octanol–water partition coefficient (Wildman–Crippen LogP) is 5.48. The minimum atomic E-state index is 0.137. The molecular weight excluding hydrogens is 444 g/mol. The Labute approximate surface area is 197 Å². The molecule has 2 atom stereocenters. The van der Waals surface area contributed by atoms with Crippen molar-refractivity contribution in [3.8, 4) is 22.8 Å². The normalized spacial score (nSPS) is 18.6. The predicted molar refractivity (Wildman–Crippen MR) is 129 cm³/mol. The molecule has 4 rings (SSSR count). The molecule has 0 unspecified atom stereocenters. The first-order valence-corrected chi connectivity index (χ1v) is 12.1. The van der Waals surface area contributed by atoms with Gasteiger partial charge >= 0.3 is 0 Å². The van der Waals surface area contributed by atoms with E-state index in [0.29, 0.717) is 27.5 Å². The SMILES string of the molecule is COc1ccc(-n2c(SCC(=O)N3[C@H](C)CCC[C@@H]3C)nnc2-c2ccccc2)cc1Cl. The lowest BCUT2D eigenvalue weighted by atomic mass is 9.98. The molecule has 3 aromatic rings. The van der Waals surface area contributed by atoms with Crippen molar-refractivity contribution < 1.29 is 9.53 Å². The Bertz CT molecular complexity index is 1080. The summed E-state index contributed by atoms with van der Waals surface area (Å²) in [6, 6.07) is 16.0. The lowest BCUT2D eigenvalue weighted by molar-refractivity contribution is -0.134. The molecule has 1 saturated heterocycles. The summed E-state index contributed by atoms with van der Waals surface area (Å²) in [5, 5.41) is 10.0. The highest BCUT2D eigenvalue weighted by Crippen LogP contribution is 2.33. The third kappa shape index (κ3) is 4.64. The summed E-state index contributed by atoms with van der Waals surface area (Å²) in [6.45, 7) is 4.27. The van der Waals surface area contributed by atoms with Gasteiger partial charge in [-0.25, -0.2) is 0 Å². The largest absolute Gasteiger partial charge is 0.495 e. The van der Waals surface area contributed by atoms with Gasteiger partial charge in [0.2, 0.25) is 5.91 Å². The van der Waals surface area contributed by atoms with E-state index in [0.717, 1.165) is 24.1 Å². The minimum absolute atomic E-state index is 0.137. The molecule has 8 heteroatoms. The van der Waals surface area contributed by atoms with Gasteiger partial charge in [-0.15, -0.1) is 10.2 Å². The third-order valence-corrected chi connectivity index (χ3v) is 7.07. The van der Waals surface area contributed by atoms with Crippen molar-refractivity contribution in [3.05, 3.63) is 53.6 Å². The van der Waals surface area contributed by atoms with Crippen LogP contribution in [-0.4, -0.2) is 50.5 Å². The first kappa shape index (κ1) is 22.7. The fourth-order valence-electron chi connectivity index (χ4n) is 4.28. The van der Waals surface area contributed by atoms with Crippen LogP contribution in [0.1, 0.15) is 33.1 Å². The van der Waals surface area contributed by atoms with Crippen LogP contribution in [0.25, 0.3) is 17.1 Å². The number of amides is 1. The molecule has 0 radical (unpaired) electrons. The van der Waals surface area contributed by atoms with Crippen molar-refractivity contribution in [1.29, 1.82) is 0 Å². The number of aromatic nitrogens is 3. The van der Waals surface area contributed by atoms with Crippen molar-refractivity contribution >= 4 is 29.3 Å². The summed E-state index contributed by atoms with van der Waals surface area (Å²) in [7, 11) is 1.59. The summed E-state index contributed by atoms with van der Waals surface area (Å²) in [6.07, 6.45) is 3.28. The van der Waals surface area contributed by atoms with E-state index in [1.54, 1.807) is 7.11 Å². The quantitative estimate of drug-likeness (QED) is 0.446. The minimum Gasteiger partial charge on any atom is -0.495 e. The van der Waals surface area contributed by atoms with Gasteiger partial charge in [-0.3, -0.25) is 9.36 Å². The highest BCUT2D eigenvalue weighted by molar-refractivity contribution is 7.99. The van der Waals surface area contributed by atoms with Crippen LogP contribution in [0.3, 0.4) is 0 Å². The molecule has 6 nitrogen and oxygen atoms in total. The molecule has 32 heavy (non-hydrogen) atoms. The van der Waals surface area contributed by atoms with Crippen LogP contribution in [0.2, 0.25) is 5.02 Å². The average molecular weight is 471 g/mol. The van der Waals surface area contributed by atoms with Crippen LogP contribution in [0.5, 0.6) is 5.75 Å². The number of rotatable bonds is 6. The molecule has 0 spiro atoms. The van der Waals surface area contributed by atoms with E-state index >= 15 is 0 Å². The number of hydrogen-bond acceptors (Lipinski definition) is 5. The van der Waals surface area contributed by atoms with Gasteiger partial charge in [0.25, 0.3) is 0 Å². The Hall–Kier alpha value is -2.51. The number of piperidine rings is 1. The van der Waals surface area contributed by atoms with Crippen LogP contribution in [-0.2, 0) is 4.79 Å². The highest BCUT2D eigenvalue weighted by atomic mass is 35.5. The second kappa shape index (κ2) is 9.96. The fourth-order valence-corrected chi connectivity index (χ4v) is 5.35. The molecule has 168 valence electrons. The monoisotopic (exact) mass is 470 g/mol. The zero-order valence-corrected chi connectivity index (χ0v) is 20.1. The molecule has 1 aliphatic rings. The van der Waals surface area contributed by atoms with Crippen molar-refractivity contribution in [2.24, 2.45) is 0 Å². The number of carbonyl (C=O) groups is 1. The number of halogens is 1. The van der Waals surface area contributed by atoms with Crippen LogP contribution >= 0.6 is 23.4 Å². The molecule has 1 aliphatic heterocycles. The van der Waals surface area contributed by atoms with E-state index in [9.17, 15) is 4.79 Å². The van der Waals surface area contributed by atoms with Gasteiger partial charge in [0.15, 0.2) is 11.0 Å². The van der Waals surface area contributed by atoms with Crippen LogP contribution in [0.4, 0.5) is 0 Å². The molecular formula is C24H27ClN4O2S. The van der Waals surface area contributed by atoms with E-state index in [2.05, 4.69) is 24.0 Å². The van der Waals surface area contributed by atoms with Gasteiger partial charge in [0.05, 0.1) is 23.6 Å². The lowest BCUT2D eigenvalue weighted by Crippen LogP contribution is -2.48. The highest BCUT2D eigenvalue weighted by Gasteiger charge is 2.29. The van der Waals surface area contributed by atoms with E-state index in [-0.39, 0.29) is 18.0 Å². The number of hydrogen-bond donors (Lipinski definition) is 0. The Morgan fingerprint density at radius 1 is 1.12 bits per heavy atom. The molecule has 1 aromatic heterocycles. The summed E-state index contributed by atoms with van der Waals surface area (Å²) in [4.78, 5) is 15.1. The first-order chi connectivity index (χ1) is 15.5. The maximum Gasteiger partial charge on any atom is 0.233 e. The standard InChI is InChI=1S/C24H27ClN4O2S/c1-16-8-7-9-17(2)28(16)22(30)15-32-24-27-26-23(18-10-5-4-6-11-18)29(24)19-12-13-21(31-3)20(25)14-19/h4-6,10-14,16-17H,7-9,15H2,1-3H3/t16-,17+. The zero-order chi connectivity index (χ0) is 22.7.